The van der Waals surface area contributed by atoms with Crippen molar-refractivity contribution in [1.29, 1.82) is 0 Å². The molecule has 0 atom stereocenters. The lowest BCUT2D eigenvalue weighted by atomic mass is 9.99. The monoisotopic (exact) mass is 545 g/mol. The molecule has 0 bridgehead atoms. The standard InChI is InChI=1S/C36H23N3OS/c37-27-11-5-9-21(20-15-18-32-26(19-20)22-7-2-4-14-31(22)40-32)34(27)39-29-13-3-1-8-25(29)33-30(39)17-16-24-23-10-6-12-28(38)35(23)41-36(24)33/h1-19H,37-38H2. The number of nitrogen functional groups attached to an aromatic ring is 2. The van der Waals surface area contributed by atoms with Crippen LogP contribution in [0, 0.1) is 0 Å². The Balaban J connectivity index is 1.39. The van der Waals surface area contributed by atoms with E-state index in [2.05, 4.69) is 83.4 Å². The van der Waals surface area contributed by atoms with E-state index in [1.807, 2.05) is 36.4 Å². The van der Waals surface area contributed by atoms with Crippen LogP contribution in [0.1, 0.15) is 0 Å². The van der Waals surface area contributed by atoms with Crippen molar-refractivity contribution in [2.24, 2.45) is 0 Å². The Morgan fingerprint density at radius 1 is 0.537 bits per heavy atom. The molecule has 0 amide bonds. The number of rotatable bonds is 2. The molecule has 0 aliphatic carbocycles. The molecule has 41 heavy (non-hydrogen) atoms. The average Bonchev–Trinajstić information content (AvgIpc) is 3.67. The lowest BCUT2D eigenvalue weighted by Crippen LogP contribution is -2.02. The molecular formula is C36H23N3OS. The number of fused-ring (bicyclic) bond motifs is 10. The average molecular weight is 546 g/mol. The van der Waals surface area contributed by atoms with Crippen molar-refractivity contribution in [2.45, 2.75) is 0 Å². The lowest BCUT2D eigenvalue weighted by Gasteiger charge is -2.16. The molecule has 3 aromatic heterocycles. The molecule has 9 rings (SSSR count). The highest BCUT2D eigenvalue weighted by Crippen LogP contribution is 2.46. The van der Waals surface area contributed by atoms with E-state index in [4.69, 9.17) is 15.9 Å². The van der Waals surface area contributed by atoms with Gasteiger partial charge >= 0.3 is 0 Å². The van der Waals surface area contributed by atoms with E-state index in [1.54, 1.807) is 11.3 Å². The summed E-state index contributed by atoms with van der Waals surface area (Å²) in [6.45, 7) is 0. The third-order valence-electron chi connectivity index (χ3n) is 8.31. The van der Waals surface area contributed by atoms with E-state index in [0.717, 1.165) is 65.9 Å². The van der Waals surface area contributed by atoms with E-state index in [9.17, 15) is 0 Å². The van der Waals surface area contributed by atoms with Crippen LogP contribution in [-0.2, 0) is 0 Å². The van der Waals surface area contributed by atoms with Crippen LogP contribution in [0.15, 0.2) is 120 Å². The Labute approximate surface area is 238 Å². The van der Waals surface area contributed by atoms with Gasteiger partial charge in [-0.25, -0.2) is 0 Å². The molecule has 0 fully saturated rings. The van der Waals surface area contributed by atoms with Gasteiger partial charge in [0.25, 0.3) is 0 Å². The first kappa shape index (κ1) is 22.5. The fraction of sp³-hybridized carbons (Fsp3) is 0. The summed E-state index contributed by atoms with van der Waals surface area (Å²) in [5, 5.41) is 7.06. The zero-order chi connectivity index (χ0) is 27.2. The van der Waals surface area contributed by atoms with Gasteiger partial charge < -0.3 is 20.5 Å². The lowest BCUT2D eigenvalue weighted by molar-refractivity contribution is 0.669. The minimum absolute atomic E-state index is 0.725. The summed E-state index contributed by atoms with van der Waals surface area (Å²) in [5.74, 6) is 0. The smallest absolute Gasteiger partial charge is 0.135 e. The molecule has 5 heteroatoms. The molecule has 0 spiro atoms. The summed E-state index contributed by atoms with van der Waals surface area (Å²) in [7, 11) is 0. The fourth-order valence-corrected chi connectivity index (χ4v) is 7.79. The number of hydrogen-bond acceptors (Lipinski definition) is 4. The molecule has 194 valence electrons. The second-order valence-corrected chi connectivity index (χ2v) is 11.6. The molecule has 6 aromatic carbocycles. The Kier molecular flexibility index (Phi) is 4.47. The first-order valence-electron chi connectivity index (χ1n) is 13.6. The number of aromatic nitrogens is 1. The highest BCUT2D eigenvalue weighted by atomic mass is 32.1. The first-order chi connectivity index (χ1) is 20.2. The topological polar surface area (TPSA) is 70.1 Å². The van der Waals surface area contributed by atoms with Gasteiger partial charge in [0, 0.05) is 48.3 Å². The predicted molar refractivity (Wildman–Crippen MR) is 175 cm³/mol. The molecule has 0 saturated carbocycles. The number of benzene rings is 6. The van der Waals surface area contributed by atoms with Gasteiger partial charge in [-0.1, -0.05) is 72.8 Å². The molecule has 4 N–H and O–H groups in total. The van der Waals surface area contributed by atoms with E-state index < -0.39 is 0 Å². The summed E-state index contributed by atoms with van der Waals surface area (Å²) >= 11 is 1.77. The maximum atomic E-state index is 6.86. The zero-order valence-electron chi connectivity index (χ0n) is 21.9. The van der Waals surface area contributed by atoms with Crippen LogP contribution in [0.2, 0.25) is 0 Å². The SMILES string of the molecule is Nc1cccc(-c2ccc3oc4ccccc4c3c2)c1-n1c2ccccc2c2c3sc4c(N)cccc4c3ccc21. The maximum Gasteiger partial charge on any atom is 0.135 e. The van der Waals surface area contributed by atoms with Crippen LogP contribution < -0.4 is 11.5 Å². The number of furan rings is 1. The van der Waals surface area contributed by atoms with Crippen LogP contribution in [0.25, 0.3) is 80.7 Å². The second kappa shape index (κ2) is 8.13. The van der Waals surface area contributed by atoms with Gasteiger partial charge in [0.2, 0.25) is 0 Å². The van der Waals surface area contributed by atoms with Crippen molar-refractivity contribution in [3.05, 3.63) is 115 Å². The largest absolute Gasteiger partial charge is 0.456 e. The van der Waals surface area contributed by atoms with E-state index in [-0.39, 0.29) is 0 Å². The van der Waals surface area contributed by atoms with Gasteiger partial charge in [-0.2, -0.15) is 0 Å². The summed E-state index contributed by atoms with van der Waals surface area (Å²) in [6, 6.07) is 40.0. The van der Waals surface area contributed by atoms with Crippen molar-refractivity contribution in [3.63, 3.8) is 0 Å². The van der Waals surface area contributed by atoms with Crippen molar-refractivity contribution < 1.29 is 4.42 Å². The van der Waals surface area contributed by atoms with Gasteiger partial charge in [-0.3, -0.25) is 0 Å². The summed E-state index contributed by atoms with van der Waals surface area (Å²) in [4.78, 5) is 0. The molecule has 9 aromatic rings. The van der Waals surface area contributed by atoms with E-state index in [1.165, 1.54) is 26.2 Å². The molecule has 3 heterocycles. The molecule has 0 unspecified atom stereocenters. The fourth-order valence-electron chi connectivity index (χ4n) is 6.51. The molecule has 0 aliphatic heterocycles. The second-order valence-electron chi connectivity index (χ2n) is 10.6. The van der Waals surface area contributed by atoms with Gasteiger partial charge in [-0.15, -0.1) is 11.3 Å². The van der Waals surface area contributed by atoms with Gasteiger partial charge in [0.15, 0.2) is 0 Å². The molecule has 0 saturated heterocycles. The summed E-state index contributed by atoms with van der Waals surface area (Å²) in [6.07, 6.45) is 0. The normalized spacial score (nSPS) is 12.1. The van der Waals surface area contributed by atoms with Gasteiger partial charge in [0.05, 0.1) is 27.1 Å². The summed E-state index contributed by atoms with van der Waals surface area (Å²) in [5.41, 5.74) is 22.0. The van der Waals surface area contributed by atoms with Crippen molar-refractivity contribution in [1.82, 2.24) is 4.57 Å². The minimum atomic E-state index is 0.725. The van der Waals surface area contributed by atoms with Crippen LogP contribution in [0.4, 0.5) is 11.4 Å². The molecule has 4 nitrogen and oxygen atoms in total. The molecular weight excluding hydrogens is 522 g/mol. The highest BCUT2D eigenvalue weighted by molar-refractivity contribution is 7.27. The Bertz CT molecular complexity index is 2510. The Morgan fingerprint density at radius 2 is 1.27 bits per heavy atom. The Morgan fingerprint density at radius 3 is 2.20 bits per heavy atom. The van der Waals surface area contributed by atoms with Crippen LogP contribution in [-0.4, -0.2) is 4.57 Å². The van der Waals surface area contributed by atoms with Crippen molar-refractivity contribution in [2.75, 3.05) is 11.5 Å². The number of anilines is 2. The third kappa shape index (κ3) is 3.04. The Hall–Kier alpha value is -5.26. The third-order valence-corrected chi connectivity index (χ3v) is 9.60. The number of thiophene rings is 1. The van der Waals surface area contributed by atoms with Crippen LogP contribution in [0.3, 0.4) is 0 Å². The zero-order valence-corrected chi connectivity index (χ0v) is 22.7. The maximum absolute atomic E-state index is 6.86. The first-order valence-corrected chi connectivity index (χ1v) is 14.4. The highest BCUT2D eigenvalue weighted by Gasteiger charge is 2.21. The molecule has 0 radical (unpaired) electrons. The van der Waals surface area contributed by atoms with E-state index in [0.29, 0.717) is 0 Å². The predicted octanol–water partition coefficient (Wildman–Crippen LogP) is 9.88. The van der Waals surface area contributed by atoms with Gasteiger partial charge in [0.1, 0.15) is 11.2 Å². The summed E-state index contributed by atoms with van der Waals surface area (Å²) < 4.78 is 10.8. The van der Waals surface area contributed by atoms with Crippen molar-refractivity contribution in [3.8, 4) is 16.8 Å². The minimum Gasteiger partial charge on any atom is -0.456 e. The number of nitrogens with two attached hydrogens (primary N) is 2. The van der Waals surface area contributed by atoms with Gasteiger partial charge in [-0.05, 0) is 48.0 Å². The number of hydrogen-bond donors (Lipinski definition) is 2. The van der Waals surface area contributed by atoms with Crippen LogP contribution >= 0.6 is 11.3 Å². The van der Waals surface area contributed by atoms with E-state index >= 15 is 0 Å². The number of nitrogens with zero attached hydrogens (tertiary/aromatic N) is 1. The quantitative estimate of drug-likeness (QED) is 0.212. The number of para-hydroxylation sites is 3. The molecule has 0 aliphatic rings. The van der Waals surface area contributed by atoms with Crippen LogP contribution in [0.5, 0.6) is 0 Å². The van der Waals surface area contributed by atoms with Crippen molar-refractivity contribution >= 4 is 86.6 Å².